The molecule has 0 fully saturated rings. The van der Waals surface area contributed by atoms with E-state index in [0.717, 1.165) is 11.1 Å². The van der Waals surface area contributed by atoms with Gasteiger partial charge in [-0.05, 0) is 35.4 Å². The predicted molar refractivity (Wildman–Crippen MR) is 135 cm³/mol. The maximum Gasteiger partial charge on any atom is 0.261 e. The van der Waals surface area contributed by atoms with E-state index in [4.69, 9.17) is 0 Å². The Morgan fingerprint density at radius 3 is 1.36 bits per heavy atom. The molecule has 180 valence electrons. The van der Waals surface area contributed by atoms with Crippen LogP contribution in [0.15, 0.2) is 79.4 Å². The highest BCUT2D eigenvalue weighted by molar-refractivity contribution is 6.22. The van der Waals surface area contributed by atoms with Gasteiger partial charge in [0, 0.05) is 32.7 Å². The van der Waals surface area contributed by atoms with Crippen LogP contribution in [-0.4, -0.2) is 64.5 Å². The first kappa shape index (κ1) is 23.4. The highest BCUT2D eigenvalue weighted by Gasteiger charge is 2.36. The Morgan fingerprint density at radius 2 is 1.00 bits per heavy atom. The molecule has 5 rings (SSSR count). The zero-order valence-electron chi connectivity index (χ0n) is 19.7. The molecular formula is C29H25N3O4. The molecule has 0 N–H and O–H groups in total. The smallest absolute Gasteiger partial charge is 0.261 e. The van der Waals surface area contributed by atoms with Crippen molar-refractivity contribution in [2.45, 2.75) is 6.54 Å². The van der Waals surface area contributed by atoms with E-state index >= 15 is 0 Å². The molecular weight excluding hydrogens is 454 g/mol. The van der Waals surface area contributed by atoms with E-state index in [2.05, 4.69) is 11.5 Å². The van der Waals surface area contributed by atoms with E-state index in [9.17, 15) is 19.2 Å². The Labute approximate surface area is 209 Å². The van der Waals surface area contributed by atoms with Gasteiger partial charge in [-0.1, -0.05) is 61.2 Å². The SMILES string of the molecule is C=Cc1ccc(CN(CCN2C(=O)c3ccccc3C2=O)CCN2C(=O)c3ccccc3C2=O)cc1. The molecule has 0 aromatic heterocycles. The minimum Gasteiger partial charge on any atom is -0.296 e. The third-order valence-corrected chi connectivity index (χ3v) is 6.66. The summed E-state index contributed by atoms with van der Waals surface area (Å²) < 4.78 is 0. The van der Waals surface area contributed by atoms with Crippen molar-refractivity contribution in [1.82, 2.24) is 14.7 Å². The first-order valence-corrected chi connectivity index (χ1v) is 11.8. The Balaban J connectivity index is 1.30. The van der Waals surface area contributed by atoms with Gasteiger partial charge in [-0.3, -0.25) is 33.9 Å². The maximum atomic E-state index is 12.8. The van der Waals surface area contributed by atoms with Crippen molar-refractivity contribution in [1.29, 1.82) is 0 Å². The second-order valence-corrected chi connectivity index (χ2v) is 8.84. The molecule has 7 nitrogen and oxygen atoms in total. The van der Waals surface area contributed by atoms with E-state index in [1.54, 1.807) is 54.6 Å². The number of carbonyl (C=O) groups is 4. The Hall–Kier alpha value is -4.36. The van der Waals surface area contributed by atoms with Crippen LogP contribution in [0.5, 0.6) is 0 Å². The van der Waals surface area contributed by atoms with Gasteiger partial charge in [-0.15, -0.1) is 0 Å². The standard InChI is InChI=1S/C29H25N3O4/c1-2-20-11-13-21(14-12-20)19-30(15-17-31-26(33)22-7-3-4-8-23(22)27(31)34)16-18-32-28(35)24-9-5-6-10-25(24)29(32)36/h2-14H,1,15-19H2. The molecule has 36 heavy (non-hydrogen) atoms. The largest absolute Gasteiger partial charge is 0.296 e. The summed E-state index contributed by atoms with van der Waals surface area (Å²) in [5, 5.41) is 0. The van der Waals surface area contributed by atoms with Crippen LogP contribution >= 0.6 is 0 Å². The molecule has 0 radical (unpaired) electrons. The van der Waals surface area contributed by atoms with Gasteiger partial charge >= 0.3 is 0 Å². The highest BCUT2D eigenvalue weighted by Crippen LogP contribution is 2.24. The lowest BCUT2D eigenvalue weighted by Crippen LogP contribution is -2.42. The van der Waals surface area contributed by atoms with E-state index in [1.807, 2.05) is 24.3 Å². The predicted octanol–water partition coefficient (Wildman–Crippen LogP) is 3.72. The quantitative estimate of drug-likeness (QED) is 0.437. The molecule has 0 bridgehead atoms. The second-order valence-electron chi connectivity index (χ2n) is 8.84. The minimum absolute atomic E-state index is 0.208. The van der Waals surface area contributed by atoms with Crippen LogP contribution in [0.3, 0.4) is 0 Å². The Morgan fingerprint density at radius 1 is 0.611 bits per heavy atom. The van der Waals surface area contributed by atoms with Gasteiger partial charge in [0.05, 0.1) is 22.3 Å². The van der Waals surface area contributed by atoms with Gasteiger partial charge in [-0.2, -0.15) is 0 Å². The topological polar surface area (TPSA) is 78.0 Å². The van der Waals surface area contributed by atoms with Gasteiger partial charge < -0.3 is 0 Å². The molecule has 7 heteroatoms. The van der Waals surface area contributed by atoms with Crippen LogP contribution in [-0.2, 0) is 6.54 Å². The zero-order chi connectivity index (χ0) is 25.2. The number of carbonyl (C=O) groups excluding carboxylic acids is 4. The molecule has 4 amide bonds. The molecule has 0 spiro atoms. The summed E-state index contributed by atoms with van der Waals surface area (Å²) in [5.41, 5.74) is 3.70. The van der Waals surface area contributed by atoms with Crippen molar-refractivity contribution >= 4 is 29.7 Å². The van der Waals surface area contributed by atoms with Crippen LogP contribution in [0.1, 0.15) is 52.6 Å². The number of imide groups is 2. The van der Waals surface area contributed by atoms with E-state index in [0.29, 0.717) is 41.9 Å². The summed E-state index contributed by atoms with van der Waals surface area (Å²) in [4.78, 5) is 55.8. The summed E-state index contributed by atoms with van der Waals surface area (Å²) in [5.74, 6) is -1.20. The summed E-state index contributed by atoms with van der Waals surface area (Å²) in [6.07, 6.45) is 1.77. The van der Waals surface area contributed by atoms with E-state index in [1.165, 1.54) is 9.80 Å². The van der Waals surface area contributed by atoms with Crippen molar-refractivity contribution in [2.24, 2.45) is 0 Å². The number of benzene rings is 3. The van der Waals surface area contributed by atoms with E-state index in [-0.39, 0.29) is 36.7 Å². The molecule has 2 heterocycles. The molecule has 0 aliphatic carbocycles. The Bertz CT molecular complexity index is 1230. The lowest BCUT2D eigenvalue weighted by molar-refractivity contribution is 0.0619. The van der Waals surface area contributed by atoms with Gasteiger partial charge in [-0.25, -0.2) is 0 Å². The molecule has 0 atom stereocenters. The third kappa shape index (κ3) is 4.25. The number of rotatable bonds is 9. The number of amides is 4. The number of nitrogens with zero attached hydrogens (tertiary/aromatic N) is 3. The summed E-state index contributed by atoms with van der Waals surface area (Å²) in [6.45, 7) is 5.53. The van der Waals surface area contributed by atoms with Crippen LogP contribution in [0.4, 0.5) is 0 Å². The van der Waals surface area contributed by atoms with Gasteiger partial charge in [0.1, 0.15) is 0 Å². The highest BCUT2D eigenvalue weighted by atomic mass is 16.2. The fourth-order valence-electron chi connectivity index (χ4n) is 4.65. The van der Waals surface area contributed by atoms with E-state index < -0.39 is 0 Å². The molecule has 3 aromatic rings. The fraction of sp³-hybridized carbons (Fsp3) is 0.172. The minimum atomic E-state index is -0.300. The van der Waals surface area contributed by atoms with Crippen molar-refractivity contribution in [3.63, 3.8) is 0 Å². The van der Waals surface area contributed by atoms with Gasteiger partial charge in [0.15, 0.2) is 0 Å². The first-order chi connectivity index (χ1) is 17.5. The van der Waals surface area contributed by atoms with Crippen molar-refractivity contribution < 1.29 is 19.2 Å². The van der Waals surface area contributed by atoms with Crippen LogP contribution in [0.2, 0.25) is 0 Å². The third-order valence-electron chi connectivity index (χ3n) is 6.66. The lowest BCUT2D eigenvalue weighted by Gasteiger charge is -2.26. The maximum absolute atomic E-state index is 12.8. The number of hydrogen-bond acceptors (Lipinski definition) is 5. The zero-order valence-corrected chi connectivity index (χ0v) is 19.7. The molecule has 3 aromatic carbocycles. The number of hydrogen-bond donors (Lipinski definition) is 0. The average Bonchev–Trinajstić information content (AvgIpc) is 3.30. The van der Waals surface area contributed by atoms with Gasteiger partial charge in [0.2, 0.25) is 0 Å². The van der Waals surface area contributed by atoms with Crippen molar-refractivity contribution in [2.75, 3.05) is 26.2 Å². The molecule has 0 saturated heterocycles. The first-order valence-electron chi connectivity index (χ1n) is 11.8. The van der Waals surface area contributed by atoms with Crippen LogP contribution in [0, 0.1) is 0 Å². The van der Waals surface area contributed by atoms with Gasteiger partial charge in [0.25, 0.3) is 23.6 Å². The Kier molecular flexibility index (Phi) is 6.31. The van der Waals surface area contributed by atoms with Crippen LogP contribution in [0.25, 0.3) is 6.08 Å². The summed E-state index contributed by atoms with van der Waals surface area (Å²) >= 11 is 0. The molecule has 0 saturated carbocycles. The van der Waals surface area contributed by atoms with Crippen LogP contribution < -0.4 is 0 Å². The molecule has 2 aliphatic heterocycles. The van der Waals surface area contributed by atoms with Crippen molar-refractivity contribution in [3.8, 4) is 0 Å². The average molecular weight is 480 g/mol. The summed E-state index contributed by atoms with van der Waals surface area (Å²) in [6, 6.07) is 21.6. The second kappa shape index (κ2) is 9.71. The summed E-state index contributed by atoms with van der Waals surface area (Å²) in [7, 11) is 0. The van der Waals surface area contributed by atoms with Crippen molar-refractivity contribution in [3.05, 3.63) is 113 Å². The molecule has 2 aliphatic rings. The fourth-order valence-corrected chi connectivity index (χ4v) is 4.65. The normalized spacial score (nSPS) is 14.6. The monoisotopic (exact) mass is 479 g/mol. The molecule has 0 unspecified atom stereocenters. The lowest BCUT2D eigenvalue weighted by atomic mass is 10.1. The number of fused-ring (bicyclic) bond motifs is 2.